The van der Waals surface area contributed by atoms with Crippen LogP contribution >= 0.6 is 0 Å². The first-order chi connectivity index (χ1) is 12.7. The molecule has 4 aliphatic rings. The zero-order valence-corrected chi connectivity index (χ0v) is 16.4. The van der Waals surface area contributed by atoms with E-state index >= 15 is 0 Å². The highest BCUT2D eigenvalue weighted by Gasteiger charge is 2.60. The van der Waals surface area contributed by atoms with Gasteiger partial charge in [0.15, 0.2) is 10.1 Å². The number of halogens is 2. The van der Waals surface area contributed by atoms with Gasteiger partial charge in [-0.05, 0) is 57.3 Å². The fourth-order valence-corrected chi connectivity index (χ4v) is 5.77. The predicted molar refractivity (Wildman–Crippen MR) is 91.0 cm³/mol. The Kier molecular flexibility index (Phi) is 5.11. The first-order valence-electron chi connectivity index (χ1n) is 9.13. The standard InChI is InChI=1S/C18H24F2O7S/c1-11(2)15(22)27-17-6-12-3-13(7-17)5-16(4-12,9-17)10-26-14(21)8-18(19,20)28(23,24)25/h12-13H,1,3-10H2,2H3,(H,23,24,25)/p-1. The second-order valence-corrected chi connectivity index (χ2v) is 10.2. The van der Waals surface area contributed by atoms with Crippen molar-refractivity contribution >= 4 is 22.1 Å². The third kappa shape index (κ3) is 4.07. The van der Waals surface area contributed by atoms with Crippen LogP contribution in [0.1, 0.15) is 51.9 Å². The van der Waals surface area contributed by atoms with E-state index in [2.05, 4.69) is 6.58 Å². The largest absolute Gasteiger partial charge is 0.743 e. The Morgan fingerprint density at radius 3 is 2.29 bits per heavy atom. The summed E-state index contributed by atoms with van der Waals surface area (Å²) in [5.74, 6) is -1.36. The monoisotopic (exact) mass is 421 g/mol. The molecule has 7 nitrogen and oxygen atoms in total. The molecule has 0 radical (unpaired) electrons. The Morgan fingerprint density at radius 1 is 1.21 bits per heavy atom. The SMILES string of the molecule is C=C(C)C(=O)OC12CC3CC(CC(COC(=O)CC(F)(F)S(=O)(=O)[O-])(C3)C1)C2. The minimum atomic E-state index is -5.94. The zero-order chi connectivity index (χ0) is 21.0. The molecule has 0 N–H and O–H groups in total. The quantitative estimate of drug-likeness (QED) is 0.353. The van der Waals surface area contributed by atoms with Gasteiger partial charge in [0.2, 0.25) is 0 Å². The summed E-state index contributed by atoms with van der Waals surface area (Å²) in [6, 6.07) is 0. The van der Waals surface area contributed by atoms with Crippen molar-refractivity contribution in [1.82, 2.24) is 0 Å². The molecule has 0 spiro atoms. The van der Waals surface area contributed by atoms with Crippen LogP contribution in [0, 0.1) is 17.3 Å². The fourth-order valence-electron chi connectivity index (χ4n) is 5.48. The van der Waals surface area contributed by atoms with Crippen molar-refractivity contribution in [2.75, 3.05) is 6.61 Å². The Bertz CT molecular complexity index is 791. The van der Waals surface area contributed by atoms with Crippen molar-refractivity contribution in [3.63, 3.8) is 0 Å². The third-order valence-electron chi connectivity index (χ3n) is 6.04. The molecule has 0 amide bonds. The summed E-state index contributed by atoms with van der Waals surface area (Å²) in [5, 5.41) is -4.70. The molecule has 4 bridgehead atoms. The molecule has 0 aromatic heterocycles. The molecule has 0 aliphatic heterocycles. The van der Waals surface area contributed by atoms with Crippen LogP contribution in [0.25, 0.3) is 0 Å². The van der Waals surface area contributed by atoms with Crippen molar-refractivity contribution in [2.24, 2.45) is 17.3 Å². The normalized spacial score (nSPS) is 34.1. The lowest BCUT2D eigenvalue weighted by Gasteiger charge is -2.60. The summed E-state index contributed by atoms with van der Waals surface area (Å²) in [6.45, 7) is 4.99. The minimum absolute atomic E-state index is 0.166. The first-order valence-corrected chi connectivity index (χ1v) is 10.5. The number of ether oxygens (including phenoxy) is 2. The number of carbonyl (C=O) groups excluding carboxylic acids is 2. The molecular formula is C18H23F2O7S-. The van der Waals surface area contributed by atoms with Crippen LogP contribution in [0.15, 0.2) is 12.2 Å². The van der Waals surface area contributed by atoms with Crippen molar-refractivity contribution in [3.8, 4) is 0 Å². The van der Waals surface area contributed by atoms with Gasteiger partial charge in [-0.25, -0.2) is 13.2 Å². The topological polar surface area (TPSA) is 110 Å². The Hall–Kier alpha value is -1.55. The van der Waals surface area contributed by atoms with E-state index in [0.29, 0.717) is 19.3 Å². The molecule has 10 heteroatoms. The maximum atomic E-state index is 13.3. The van der Waals surface area contributed by atoms with Gasteiger partial charge in [0.1, 0.15) is 12.0 Å². The summed E-state index contributed by atoms with van der Waals surface area (Å²) < 4.78 is 68.9. The zero-order valence-electron chi connectivity index (χ0n) is 15.5. The van der Waals surface area contributed by atoms with Crippen molar-refractivity contribution in [2.45, 2.75) is 62.7 Å². The molecule has 2 atom stereocenters. The summed E-state index contributed by atoms with van der Waals surface area (Å²) in [7, 11) is -5.94. The molecule has 158 valence electrons. The highest BCUT2D eigenvalue weighted by molar-refractivity contribution is 7.86. The van der Waals surface area contributed by atoms with E-state index in [1.165, 1.54) is 0 Å². The summed E-state index contributed by atoms with van der Waals surface area (Å²) in [6.07, 6.45) is 2.50. The van der Waals surface area contributed by atoms with E-state index < -0.39 is 44.7 Å². The van der Waals surface area contributed by atoms with Gasteiger partial charge in [0.25, 0.3) is 0 Å². The van der Waals surface area contributed by atoms with Gasteiger partial charge in [0.05, 0.1) is 6.61 Å². The number of hydrogen-bond donors (Lipinski definition) is 0. The number of carbonyl (C=O) groups is 2. The molecule has 4 rings (SSSR count). The summed E-state index contributed by atoms with van der Waals surface area (Å²) in [4.78, 5) is 23.8. The van der Waals surface area contributed by atoms with Gasteiger partial charge in [-0.15, -0.1) is 0 Å². The molecule has 0 aromatic rings. The van der Waals surface area contributed by atoms with E-state index in [1.807, 2.05) is 0 Å². The van der Waals surface area contributed by atoms with E-state index in [1.54, 1.807) is 6.92 Å². The lowest BCUT2D eigenvalue weighted by Crippen LogP contribution is -2.58. The van der Waals surface area contributed by atoms with E-state index in [0.717, 1.165) is 19.3 Å². The molecule has 0 saturated heterocycles. The number of hydrogen-bond acceptors (Lipinski definition) is 7. The number of esters is 2. The van der Waals surface area contributed by atoms with Gasteiger partial charge in [-0.1, -0.05) is 6.58 Å². The third-order valence-corrected chi connectivity index (χ3v) is 6.92. The van der Waals surface area contributed by atoms with Gasteiger partial charge >= 0.3 is 17.2 Å². The van der Waals surface area contributed by atoms with Crippen LogP contribution in [0.5, 0.6) is 0 Å². The average molecular weight is 421 g/mol. The van der Waals surface area contributed by atoms with Gasteiger partial charge in [-0.3, -0.25) is 4.79 Å². The lowest BCUT2D eigenvalue weighted by atomic mass is 9.48. The fraction of sp³-hybridized carbons (Fsp3) is 0.778. The van der Waals surface area contributed by atoms with Gasteiger partial charge in [-0.2, -0.15) is 8.78 Å². The molecule has 4 fully saturated rings. The first kappa shape index (κ1) is 21.2. The minimum Gasteiger partial charge on any atom is -0.743 e. The predicted octanol–water partition coefficient (Wildman–Crippen LogP) is 2.52. The highest BCUT2D eigenvalue weighted by atomic mass is 32.2. The Morgan fingerprint density at radius 2 is 1.79 bits per heavy atom. The summed E-state index contributed by atoms with van der Waals surface area (Å²) in [5.41, 5.74) is -0.882. The van der Waals surface area contributed by atoms with Gasteiger partial charge in [0, 0.05) is 11.0 Å². The molecule has 0 heterocycles. The molecule has 0 aromatic carbocycles. The molecular weight excluding hydrogens is 398 g/mol. The molecule has 4 aliphatic carbocycles. The Balaban J connectivity index is 1.68. The van der Waals surface area contributed by atoms with E-state index in [-0.39, 0.29) is 24.0 Å². The number of rotatable bonds is 7. The lowest BCUT2D eigenvalue weighted by molar-refractivity contribution is -0.208. The van der Waals surface area contributed by atoms with Crippen LogP contribution in [0.2, 0.25) is 0 Å². The van der Waals surface area contributed by atoms with Crippen LogP contribution in [-0.2, 0) is 29.2 Å². The maximum absolute atomic E-state index is 13.3. The van der Waals surface area contributed by atoms with Crippen molar-refractivity contribution in [1.29, 1.82) is 0 Å². The van der Waals surface area contributed by atoms with Crippen LogP contribution in [0.3, 0.4) is 0 Å². The summed E-state index contributed by atoms with van der Waals surface area (Å²) >= 11 is 0. The average Bonchev–Trinajstić information content (AvgIpc) is 2.49. The maximum Gasteiger partial charge on any atom is 0.344 e. The van der Waals surface area contributed by atoms with Crippen LogP contribution < -0.4 is 0 Å². The number of alkyl halides is 2. The van der Waals surface area contributed by atoms with Crippen molar-refractivity contribution in [3.05, 3.63) is 12.2 Å². The van der Waals surface area contributed by atoms with Crippen molar-refractivity contribution < 1.29 is 40.8 Å². The smallest absolute Gasteiger partial charge is 0.344 e. The van der Waals surface area contributed by atoms with Crippen LogP contribution in [-0.4, -0.2) is 42.4 Å². The van der Waals surface area contributed by atoms with E-state index in [4.69, 9.17) is 9.47 Å². The second-order valence-electron chi connectivity index (χ2n) is 8.74. The van der Waals surface area contributed by atoms with Crippen LogP contribution in [0.4, 0.5) is 8.78 Å². The second kappa shape index (κ2) is 6.76. The molecule has 28 heavy (non-hydrogen) atoms. The Labute approximate surface area is 162 Å². The molecule has 2 unspecified atom stereocenters. The van der Waals surface area contributed by atoms with Gasteiger partial charge < -0.3 is 14.0 Å². The molecule has 4 saturated carbocycles. The van der Waals surface area contributed by atoms with E-state index in [9.17, 15) is 31.3 Å². The highest BCUT2D eigenvalue weighted by Crippen LogP contribution is 2.63.